The van der Waals surface area contributed by atoms with Gasteiger partial charge in [0.2, 0.25) is 0 Å². The van der Waals surface area contributed by atoms with Crippen LogP contribution in [-0.4, -0.2) is 38.6 Å². The van der Waals surface area contributed by atoms with Crippen LogP contribution in [0.4, 0.5) is 11.4 Å². The molecule has 1 N–H and O–H groups in total. The van der Waals surface area contributed by atoms with Crippen LogP contribution in [0.25, 0.3) is 17.9 Å². The summed E-state index contributed by atoms with van der Waals surface area (Å²) in [6.07, 6.45) is 4.36. The Bertz CT molecular complexity index is 985. The molecule has 1 aromatic carbocycles. The summed E-state index contributed by atoms with van der Waals surface area (Å²) in [6, 6.07) is 7.59. The highest BCUT2D eigenvalue weighted by Gasteiger charge is 2.22. The summed E-state index contributed by atoms with van der Waals surface area (Å²) in [5, 5.41) is 13.7. The molecule has 0 aliphatic carbocycles. The second-order valence-electron chi connectivity index (χ2n) is 5.25. The lowest BCUT2D eigenvalue weighted by Gasteiger charge is -2.11. The van der Waals surface area contributed by atoms with Crippen LogP contribution in [0.2, 0.25) is 0 Å². The summed E-state index contributed by atoms with van der Waals surface area (Å²) < 4.78 is 0.932. The first-order valence-electron chi connectivity index (χ1n) is 7.03. The molecule has 2 aromatic heterocycles. The molecule has 2 heterocycles. The minimum absolute atomic E-state index is 0.0335. The number of rotatable bonds is 4. The number of aromatic nitrogens is 4. The first-order chi connectivity index (χ1) is 11.5. The molecule has 9 nitrogen and oxygen atoms in total. The maximum absolute atomic E-state index is 12.2. The van der Waals surface area contributed by atoms with Crippen LogP contribution in [0, 0.1) is 10.1 Å². The highest BCUT2D eigenvalue weighted by molar-refractivity contribution is 5.73. The van der Waals surface area contributed by atoms with Gasteiger partial charge in [0.15, 0.2) is 5.69 Å². The van der Waals surface area contributed by atoms with Crippen molar-refractivity contribution in [3.05, 3.63) is 62.3 Å². The Kier molecular flexibility index (Phi) is 3.82. The number of nitro groups is 1. The molecule has 0 saturated carbocycles. The number of hydrogen-bond acceptors (Lipinski definition) is 6. The van der Waals surface area contributed by atoms with Crippen LogP contribution < -0.4 is 10.5 Å². The second-order valence-corrected chi connectivity index (χ2v) is 5.25. The smallest absolute Gasteiger partial charge is 0.361 e. The van der Waals surface area contributed by atoms with Gasteiger partial charge in [-0.25, -0.2) is 9.97 Å². The molecular weight excluding hydrogens is 312 g/mol. The van der Waals surface area contributed by atoms with Crippen LogP contribution in [0.15, 0.2) is 35.4 Å². The summed E-state index contributed by atoms with van der Waals surface area (Å²) in [7, 11) is 3.87. The molecule has 0 saturated heterocycles. The van der Waals surface area contributed by atoms with Gasteiger partial charge in [-0.15, -0.1) is 0 Å². The minimum atomic E-state index is -0.801. The number of benzene rings is 1. The molecule has 0 atom stereocenters. The molecule has 0 bridgehead atoms. The number of fused-ring (bicyclic) bond motifs is 1. The van der Waals surface area contributed by atoms with Gasteiger partial charge in [0.05, 0.1) is 4.92 Å². The Hall–Kier alpha value is -3.49. The lowest BCUT2D eigenvalue weighted by Crippen LogP contribution is -2.20. The maximum atomic E-state index is 12.2. The molecule has 0 amide bonds. The van der Waals surface area contributed by atoms with Crippen molar-refractivity contribution in [3.63, 3.8) is 0 Å². The molecular formula is C15H14N6O3. The van der Waals surface area contributed by atoms with E-state index in [9.17, 15) is 14.9 Å². The standard InChI is InChI=1S/C15H14N6O3/c1-19(2)11-6-3-10(4-7-11)5-8-12-13(21(23)24)14(22)20-15(18-12)16-9-17-20/h3-9H,1-2H3,(H,16,17,18). The minimum Gasteiger partial charge on any atom is -0.378 e. The highest BCUT2D eigenvalue weighted by atomic mass is 16.6. The third-order valence-corrected chi connectivity index (χ3v) is 3.46. The van der Waals surface area contributed by atoms with Gasteiger partial charge >= 0.3 is 11.2 Å². The van der Waals surface area contributed by atoms with Crippen LogP contribution in [-0.2, 0) is 0 Å². The zero-order chi connectivity index (χ0) is 17.3. The molecule has 0 radical (unpaired) electrons. The summed E-state index contributed by atoms with van der Waals surface area (Å²) in [6.45, 7) is 0. The number of hydrogen-bond donors (Lipinski definition) is 1. The second kappa shape index (κ2) is 5.95. The van der Waals surface area contributed by atoms with Gasteiger partial charge < -0.3 is 4.90 Å². The Morgan fingerprint density at radius 1 is 1.25 bits per heavy atom. The average Bonchev–Trinajstić information content (AvgIpc) is 3.01. The number of nitrogens with one attached hydrogen (secondary N) is 1. The molecule has 0 fully saturated rings. The van der Waals surface area contributed by atoms with Crippen LogP contribution in [0.1, 0.15) is 11.3 Å². The van der Waals surface area contributed by atoms with Crippen molar-refractivity contribution in [3.8, 4) is 0 Å². The van der Waals surface area contributed by atoms with Crippen molar-refractivity contribution >= 4 is 29.3 Å². The van der Waals surface area contributed by atoms with E-state index in [0.29, 0.717) is 0 Å². The lowest BCUT2D eigenvalue weighted by atomic mass is 10.1. The normalized spacial score (nSPS) is 11.2. The number of H-pyrrole nitrogens is 1. The molecule has 0 spiro atoms. The van der Waals surface area contributed by atoms with Gasteiger partial charge in [0, 0.05) is 19.8 Å². The lowest BCUT2D eigenvalue weighted by molar-refractivity contribution is -0.386. The van der Waals surface area contributed by atoms with Crippen LogP contribution in [0.5, 0.6) is 0 Å². The van der Waals surface area contributed by atoms with Crippen molar-refractivity contribution in [2.75, 3.05) is 19.0 Å². The molecule has 122 valence electrons. The maximum Gasteiger partial charge on any atom is 0.361 e. The molecule has 0 aliphatic rings. The first kappa shape index (κ1) is 15.4. The van der Waals surface area contributed by atoms with Gasteiger partial charge in [0.1, 0.15) is 6.33 Å². The van der Waals surface area contributed by atoms with Gasteiger partial charge in [-0.2, -0.15) is 4.52 Å². The van der Waals surface area contributed by atoms with E-state index in [0.717, 1.165) is 15.8 Å². The summed E-state index contributed by atoms with van der Waals surface area (Å²) in [4.78, 5) is 32.5. The quantitative estimate of drug-likeness (QED) is 0.575. The van der Waals surface area contributed by atoms with Gasteiger partial charge in [-0.3, -0.25) is 20.0 Å². The van der Waals surface area contributed by atoms with E-state index in [4.69, 9.17) is 0 Å². The highest BCUT2D eigenvalue weighted by Crippen LogP contribution is 2.17. The fourth-order valence-electron chi connectivity index (χ4n) is 2.21. The fourth-order valence-corrected chi connectivity index (χ4v) is 2.21. The Morgan fingerprint density at radius 2 is 1.96 bits per heavy atom. The third kappa shape index (κ3) is 2.74. The zero-order valence-corrected chi connectivity index (χ0v) is 13.0. The molecule has 3 aromatic rings. The number of aromatic amines is 1. The van der Waals surface area contributed by atoms with Gasteiger partial charge in [0.25, 0.3) is 5.78 Å². The molecule has 0 unspecified atom stereocenters. The zero-order valence-electron chi connectivity index (χ0n) is 13.0. The number of anilines is 1. The van der Waals surface area contributed by atoms with E-state index in [1.54, 1.807) is 6.08 Å². The average molecular weight is 326 g/mol. The largest absolute Gasteiger partial charge is 0.378 e. The SMILES string of the molecule is CN(C)c1ccc(C=Cc2nc3nc[nH]n3c(=O)c2[N+](=O)[O-])cc1. The van der Waals surface area contributed by atoms with Gasteiger partial charge in [-0.1, -0.05) is 18.2 Å². The van der Waals surface area contributed by atoms with Crippen LogP contribution >= 0.6 is 0 Å². The topological polar surface area (TPSA) is 109 Å². The predicted octanol–water partition coefficient (Wildman–Crippen LogP) is 1.56. The van der Waals surface area contributed by atoms with Crippen molar-refractivity contribution < 1.29 is 4.92 Å². The molecule has 24 heavy (non-hydrogen) atoms. The third-order valence-electron chi connectivity index (χ3n) is 3.46. The van der Waals surface area contributed by atoms with Gasteiger partial charge in [-0.05, 0) is 23.8 Å². The molecule has 0 aliphatic heterocycles. The summed E-state index contributed by atoms with van der Waals surface area (Å²) in [5.41, 5.74) is 0.433. The van der Waals surface area contributed by atoms with E-state index < -0.39 is 16.2 Å². The summed E-state index contributed by atoms with van der Waals surface area (Å²) in [5.74, 6) is 0.0770. The van der Waals surface area contributed by atoms with E-state index in [1.165, 1.54) is 12.4 Å². The van der Waals surface area contributed by atoms with Crippen LogP contribution in [0.3, 0.4) is 0 Å². The summed E-state index contributed by atoms with van der Waals surface area (Å²) >= 11 is 0. The first-order valence-corrected chi connectivity index (χ1v) is 7.03. The van der Waals surface area contributed by atoms with Crippen molar-refractivity contribution in [1.29, 1.82) is 0 Å². The Balaban J connectivity index is 2.04. The molecule has 9 heteroatoms. The van der Waals surface area contributed by atoms with Crippen molar-refractivity contribution in [2.45, 2.75) is 0 Å². The Morgan fingerprint density at radius 3 is 2.58 bits per heavy atom. The van der Waals surface area contributed by atoms with E-state index in [1.807, 2.05) is 43.3 Å². The fraction of sp³-hybridized carbons (Fsp3) is 0.133. The van der Waals surface area contributed by atoms with Crippen molar-refractivity contribution in [2.24, 2.45) is 0 Å². The number of nitrogens with zero attached hydrogens (tertiary/aromatic N) is 5. The van der Waals surface area contributed by atoms with E-state index in [-0.39, 0.29) is 11.5 Å². The molecule has 3 rings (SSSR count). The van der Waals surface area contributed by atoms with E-state index >= 15 is 0 Å². The Labute approximate surface area is 136 Å². The predicted molar refractivity (Wildman–Crippen MR) is 90.0 cm³/mol. The monoisotopic (exact) mass is 326 g/mol. The van der Waals surface area contributed by atoms with Crippen molar-refractivity contribution in [1.82, 2.24) is 19.6 Å². The van der Waals surface area contributed by atoms with E-state index in [2.05, 4.69) is 15.1 Å².